The number of rotatable bonds is 5. The van der Waals surface area contributed by atoms with Crippen molar-refractivity contribution in [3.8, 4) is 17.0 Å². The van der Waals surface area contributed by atoms with Crippen LogP contribution in [-0.2, 0) is 11.3 Å². The molecule has 0 saturated carbocycles. The second-order valence-electron chi connectivity index (χ2n) is 5.31. The monoisotopic (exact) mass is 334 g/mol. The average Bonchev–Trinajstić information content (AvgIpc) is 2.68. The van der Waals surface area contributed by atoms with Crippen LogP contribution in [0, 0.1) is 0 Å². The Morgan fingerprint density at radius 3 is 2.48 bits per heavy atom. The molecule has 5 nitrogen and oxygen atoms in total. The van der Waals surface area contributed by atoms with E-state index in [1.54, 1.807) is 13.3 Å². The van der Waals surface area contributed by atoms with E-state index in [0.717, 1.165) is 22.6 Å². The van der Waals surface area contributed by atoms with E-state index in [9.17, 15) is 4.79 Å². The fourth-order valence-electron chi connectivity index (χ4n) is 2.35. The van der Waals surface area contributed by atoms with E-state index in [1.807, 2.05) is 66.7 Å². The van der Waals surface area contributed by atoms with Crippen molar-refractivity contribution < 1.29 is 14.3 Å². The second-order valence-corrected chi connectivity index (χ2v) is 5.31. The van der Waals surface area contributed by atoms with E-state index in [-0.39, 0.29) is 6.61 Å². The van der Waals surface area contributed by atoms with E-state index in [1.165, 1.54) is 0 Å². The largest absolute Gasteiger partial charge is 0.497 e. The van der Waals surface area contributed by atoms with E-state index in [0.29, 0.717) is 5.69 Å². The Morgan fingerprint density at radius 1 is 1.00 bits per heavy atom. The predicted molar refractivity (Wildman–Crippen MR) is 96.5 cm³/mol. The van der Waals surface area contributed by atoms with Gasteiger partial charge in [0.15, 0.2) is 0 Å². The molecule has 0 unspecified atom stereocenters. The predicted octanol–water partition coefficient (Wildman–Crippen LogP) is 4.51. The normalized spacial score (nSPS) is 10.1. The van der Waals surface area contributed by atoms with Gasteiger partial charge >= 0.3 is 6.09 Å². The number of carbonyl (C=O) groups excluding carboxylic acids is 1. The van der Waals surface area contributed by atoms with Crippen molar-refractivity contribution in [1.82, 2.24) is 4.98 Å². The lowest BCUT2D eigenvalue weighted by atomic mass is 10.1. The van der Waals surface area contributed by atoms with E-state index < -0.39 is 6.09 Å². The van der Waals surface area contributed by atoms with Gasteiger partial charge in [0.25, 0.3) is 0 Å². The summed E-state index contributed by atoms with van der Waals surface area (Å²) in [6.07, 6.45) is 1.20. The summed E-state index contributed by atoms with van der Waals surface area (Å²) in [6.45, 7) is 0.182. The number of hydrogen-bond donors (Lipinski definition) is 1. The van der Waals surface area contributed by atoms with Crippen molar-refractivity contribution in [2.75, 3.05) is 12.4 Å². The zero-order valence-corrected chi connectivity index (χ0v) is 13.8. The fourth-order valence-corrected chi connectivity index (χ4v) is 2.35. The third-order valence-electron chi connectivity index (χ3n) is 3.63. The van der Waals surface area contributed by atoms with Crippen molar-refractivity contribution in [2.24, 2.45) is 0 Å². The molecule has 0 atom stereocenters. The van der Waals surface area contributed by atoms with Crippen LogP contribution in [0.25, 0.3) is 11.3 Å². The minimum Gasteiger partial charge on any atom is -0.497 e. The Bertz CT molecular complexity index is 833. The highest BCUT2D eigenvalue weighted by Gasteiger charge is 2.10. The van der Waals surface area contributed by atoms with Crippen LogP contribution in [0.2, 0.25) is 0 Å². The first-order valence-electron chi connectivity index (χ1n) is 7.83. The molecule has 0 saturated heterocycles. The van der Waals surface area contributed by atoms with Crippen LogP contribution in [0.3, 0.4) is 0 Å². The third-order valence-corrected chi connectivity index (χ3v) is 3.63. The van der Waals surface area contributed by atoms with Crippen LogP contribution in [0.15, 0.2) is 72.9 Å². The summed E-state index contributed by atoms with van der Waals surface area (Å²) >= 11 is 0. The van der Waals surface area contributed by atoms with Gasteiger partial charge < -0.3 is 9.47 Å². The van der Waals surface area contributed by atoms with Crippen LogP contribution < -0.4 is 10.1 Å². The van der Waals surface area contributed by atoms with Gasteiger partial charge in [-0.05, 0) is 35.9 Å². The average molecular weight is 334 g/mol. The van der Waals surface area contributed by atoms with Gasteiger partial charge in [0.2, 0.25) is 0 Å². The first-order chi connectivity index (χ1) is 12.3. The summed E-state index contributed by atoms with van der Waals surface area (Å²) in [4.78, 5) is 16.4. The molecular weight excluding hydrogens is 316 g/mol. The van der Waals surface area contributed by atoms with Crippen molar-refractivity contribution in [3.63, 3.8) is 0 Å². The molecule has 126 valence electrons. The third kappa shape index (κ3) is 4.35. The van der Waals surface area contributed by atoms with Gasteiger partial charge in [-0.2, -0.15) is 0 Å². The molecule has 0 radical (unpaired) electrons. The quantitative estimate of drug-likeness (QED) is 0.746. The minimum atomic E-state index is -0.515. The summed E-state index contributed by atoms with van der Waals surface area (Å²) in [6, 6.07) is 20.5. The van der Waals surface area contributed by atoms with Gasteiger partial charge in [0.1, 0.15) is 12.4 Å². The Morgan fingerprint density at radius 2 is 1.76 bits per heavy atom. The number of nitrogens with one attached hydrogen (secondary N) is 1. The lowest BCUT2D eigenvalue weighted by Crippen LogP contribution is -2.14. The van der Waals surface area contributed by atoms with Crippen molar-refractivity contribution in [3.05, 3.63) is 78.5 Å². The number of nitrogens with zero attached hydrogens (tertiary/aromatic N) is 1. The summed E-state index contributed by atoms with van der Waals surface area (Å²) in [7, 11) is 1.61. The van der Waals surface area contributed by atoms with E-state index in [2.05, 4.69) is 10.3 Å². The Kier molecular flexibility index (Phi) is 5.26. The number of anilines is 1. The number of carbonyl (C=O) groups is 1. The molecule has 0 aliphatic rings. The molecule has 0 spiro atoms. The summed E-state index contributed by atoms with van der Waals surface area (Å²) < 4.78 is 10.4. The zero-order chi connectivity index (χ0) is 17.5. The van der Waals surface area contributed by atoms with Gasteiger partial charge in [-0.3, -0.25) is 10.3 Å². The highest BCUT2D eigenvalue weighted by Crippen LogP contribution is 2.26. The van der Waals surface area contributed by atoms with E-state index >= 15 is 0 Å². The molecule has 1 aromatic heterocycles. The minimum absolute atomic E-state index is 0.182. The standard InChI is InChI=1S/C20H18N2O3/c1-24-16-11-9-15(10-12-16)14-25-20(23)22-19-8-3-2-6-17(19)18-7-4-5-13-21-18/h2-13H,14H2,1H3,(H,22,23). The maximum Gasteiger partial charge on any atom is 0.411 e. The lowest BCUT2D eigenvalue weighted by Gasteiger charge is -2.11. The number of methoxy groups -OCH3 is 1. The molecule has 5 heteroatoms. The van der Waals surface area contributed by atoms with E-state index in [4.69, 9.17) is 9.47 Å². The Balaban J connectivity index is 1.65. The number of para-hydroxylation sites is 1. The maximum absolute atomic E-state index is 12.1. The smallest absolute Gasteiger partial charge is 0.411 e. The molecule has 3 rings (SSSR count). The molecule has 1 heterocycles. The number of pyridine rings is 1. The Labute approximate surface area is 146 Å². The number of amides is 1. The summed E-state index contributed by atoms with van der Waals surface area (Å²) in [5.41, 5.74) is 3.16. The first-order valence-corrected chi connectivity index (χ1v) is 7.83. The van der Waals surface area contributed by atoms with Crippen molar-refractivity contribution in [2.45, 2.75) is 6.61 Å². The number of ether oxygens (including phenoxy) is 2. The Hall–Kier alpha value is -3.34. The van der Waals surface area contributed by atoms with Crippen LogP contribution in [-0.4, -0.2) is 18.2 Å². The van der Waals surface area contributed by atoms with Crippen LogP contribution >= 0.6 is 0 Å². The molecule has 0 aliphatic carbocycles. The summed E-state index contributed by atoms with van der Waals surface area (Å²) in [5, 5.41) is 2.78. The molecule has 0 bridgehead atoms. The highest BCUT2D eigenvalue weighted by atomic mass is 16.5. The molecule has 3 aromatic rings. The molecule has 0 fully saturated rings. The summed E-state index contributed by atoms with van der Waals surface area (Å²) in [5.74, 6) is 0.762. The van der Waals surface area contributed by atoms with Gasteiger partial charge in [-0.25, -0.2) is 4.79 Å². The SMILES string of the molecule is COc1ccc(COC(=O)Nc2ccccc2-c2ccccn2)cc1. The van der Waals surface area contributed by atoms with Crippen molar-refractivity contribution in [1.29, 1.82) is 0 Å². The second kappa shape index (κ2) is 7.97. The topological polar surface area (TPSA) is 60.5 Å². The van der Waals surface area contributed by atoms with Gasteiger partial charge in [0.05, 0.1) is 18.5 Å². The van der Waals surface area contributed by atoms with Crippen molar-refractivity contribution >= 4 is 11.8 Å². The zero-order valence-electron chi connectivity index (χ0n) is 13.8. The molecular formula is C20H18N2O3. The number of benzene rings is 2. The first kappa shape index (κ1) is 16.5. The number of aromatic nitrogens is 1. The molecule has 1 N–H and O–H groups in total. The molecule has 0 aliphatic heterocycles. The number of hydrogen-bond acceptors (Lipinski definition) is 4. The van der Waals surface area contributed by atoms with Gasteiger partial charge in [0, 0.05) is 11.8 Å². The maximum atomic E-state index is 12.1. The van der Waals surface area contributed by atoms with Crippen LogP contribution in [0.5, 0.6) is 5.75 Å². The van der Waals surface area contributed by atoms with Gasteiger partial charge in [-0.1, -0.05) is 36.4 Å². The molecule has 1 amide bonds. The molecule has 2 aromatic carbocycles. The van der Waals surface area contributed by atoms with Crippen LogP contribution in [0.4, 0.5) is 10.5 Å². The lowest BCUT2D eigenvalue weighted by molar-refractivity contribution is 0.155. The molecule has 25 heavy (non-hydrogen) atoms. The fraction of sp³-hybridized carbons (Fsp3) is 0.100. The highest BCUT2D eigenvalue weighted by molar-refractivity contribution is 5.90. The van der Waals surface area contributed by atoms with Crippen LogP contribution in [0.1, 0.15) is 5.56 Å². The van der Waals surface area contributed by atoms with Gasteiger partial charge in [-0.15, -0.1) is 0 Å².